The van der Waals surface area contributed by atoms with Crippen LogP contribution in [0.1, 0.15) is 30.0 Å². The number of thiazole rings is 1. The van der Waals surface area contributed by atoms with Crippen LogP contribution in [0.15, 0.2) is 17.0 Å². The molecule has 3 heterocycles. The van der Waals surface area contributed by atoms with Crippen LogP contribution in [-0.4, -0.2) is 59.6 Å². The van der Waals surface area contributed by atoms with Gasteiger partial charge in [0, 0.05) is 49.6 Å². The molecule has 2 aliphatic heterocycles. The molecule has 0 N–H and O–H groups in total. The fraction of sp³-hybridized carbons (Fsp3) is 0.667. The largest absolute Gasteiger partial charge is 0.375 e. The molecule has 0 aromatic carbocycles. The van der Waals surface area contributed by atoms with Crippen molar-refractivity contribution in [2.24, 2.45) is 5.92 Å². The van der Waals surface area contributed by atoms with Gasteiger partial charge in [0.25, 0.3) is 0 Å². The lowest BCUT2D eigenvalue weighted by Gasteiger charge is -2.22. The first kappa shape index (κ1) is 16.2. The molecule has 2 fully saturated rings. The molecule has 1 aromatic rings. The second-order valence-corrected chi connectivity index (χ2v) is 8.16. The summed E-state index contributed by atoms with van der Waals surface area (Å²) in [7, 11) is 0. The minimum Gasteiger partial charge on any atom is -0.375 e. The Hall–Kier alpha value is -1.24. The van der Waals surface area contributed by atoms with Gasteiger partial charge in [0.1, 0.15) is 0 Å². The van der Waals surface area contributed by atoms with Crippen molar-refractivity contribution in [1.82, 2.24) is 14.8 Å². The van der Waals surface area contributed by atoms with Gasteiger partial charge >= 0.3 is 0 Å². The summed E-state index contributed by atoms with van der Waals surface area (Å²) in [6.45, 7) is 7.20. The van der Waals surface area contributed by atoms with E-state index >= 15 is 0 Å². The van der Waals surface area contributed by atoms with E-state index in [1.54, 1.807) is 11.3 Å². The number of hydrogen-bond acceptors (Lipinski definition) is 5. The normalized spacial score (nSPS) is 27.9. The van der Waals surface area contributed by atoms with Gasteiger partial charge in [-0.3, -0.25) is 9.69 Å². The van der Waals surface area contributed by atoms with Gasteiger partial charge in [0.2, 0.25) is 5.91 Å². The van der Waals surface area contributed by atoms with Crippen LogP contribution >= 0.6 is 11.3 Å². The number of likely N-dealkylation sites (tertiary alicyclic amines) is 1. The number of rotatable bonds is 3. The lowest BCUT2D eigenvalue weighted by atomic mass is 10.1. The molecule has 0 spiro atoms. The topological polar surface area (TPSA) is 45.7 Å². The molecule has 2 atom stereocenters. The summed E-state index contributed by atoms with van der Waals surface area (Å²) in [5.74, 6) is 0.657. The van der Waals surface area contributed by atoms with Crippen LogP contribution in [0, 0.1) is 12.8 Å². The Bertz CT molecular complexity index is 642. The molecule has 0 radical (unpaired) electrons. The number of allylic oxidation sites excluding steroid dienone is 1. The molecular weight excluding hydrogens is 322 g/mol. The maximum atomic E-state index is 12.6. The Morgan fingerprint density at radius 1 is 1.42 bits per heavy atom. The Kier molecular flexibility index (Phi) is 4.70. The Labute approximate surface area is 147 Å². The number of carbonyl (C=O) groups is 1. The molecule has 6 heteroatoms. The van der Waals surface area contributed by atoms with E-state index in [9.17, 15) is 4.79 Å². The van der Waals surface area contributed by atoms with Crippen LogP contribution in [0.25, 0.3) is 0 Å². The number of amides is 1. The highest BCUT2D eigenvalue weighted by molar-refractivity contribution is 7.09. The molecule has 130 valence electrons. The molecule has 0 bridgehead atoms. The van der Waals surface area contributed by atoms with E-state index < -0.39 is 0 Å². The zero-order chi connectivity index (χ0) is 16.5. The molecule has 4 rings (SSSR count). The van der Waals surface area contributed by atoms with E-state index in [1.165, 1.54) is 0 Å². The van der Waals surface area contributed by atoms with Crippen LogP contribution < -0.4 is 0 Å². The van der Waals surface area contributed by atoms with Crippen molar-refractivity contribution in [3.63, 3.8) is 0 Å². The summed E-state index contributed by atoms with van der Waals surface area (Å²) in [5.41, 5.74) is 2.17. The predicted octanol–water partition coefficient (Wildman–Crippen LogP) is 2.22. The van der Waals surface area contributed by atoms with Crippen LogP contribution in [0.3, 0.4) is 0 Å². The van der Waals surface area contributed by atoms with Crippen molar-refractivity contribution in [2.45, 2.75) is 38.8 Å². The van der Waals surface area contributed by atoms with Gasteiger partial charge in [-0.05, 0) is 26.2 Å². The lowest BCUT2D eigenvalue weighted by molar-refractivity contribution is -0.126. The van der Waals surface area contributed by atoms with Gasteiger partial charge in [-0.2, -0.15) is 0 Å². The van der Waals surface area contributed by atoms with Gasteiger partial charge in [-0.1, -0.05) is 6.08 Å². The number of carbonyl (C=O) groups excluding carboxylic acids is 1. The SMILES string of the molecule is Cc1nc(CN2CCO[C@@H]3CN(C(=O)C4=CCCC4)C[C@@H]3C2)cs1. The zero-order valence-electron chi connectivity index (χ0n) is 14.2. The van der Waals surface area contributed by atoms with E-state index in [0.717, 1.165) is 74.9 Å². The molecular formula is C18H25N3O2S. The number of aromatic nitrogens is 1. The van der Waals surface area contributed by atoms with Crippen LogP contribution in [0.5, 0.6) is 0 Å². The van der Waals surface area contributed by atoms with Gasteiger partial charge in [-0.15, -0.1) is 11.3 Å². The van der Waals surface area contributed by atoms with E-state index in [4.69, 9.17) is 4.74 Å². The predicted molar refractivity (Wildman–Crippen MR) is 93.9 cm³/mol. The van der Waals surface area contributed by atoms with Crippen LogP contribution in [0.4, 0.5) is 0 Å². The van der Waals surface area contributed by atoms with E-state index in [2.05, 4.69) is 21.3 Å². The monoisotopic (exact) mass is 347 g/mol. The first-order valence-corrected chi connectivity index (χ1v) is 9.80. The minimum absolute atomic E-state index is 0.193. The average molecular weight is 347 g/mol. The van der Waals surface area contributed by atoms with Crippen molar-refractivity contribution in [3.05, 3.63) is 27.7 Å². The third-order valence-electron chi connectivity index (χ3n) is 5.27. The van der Waals surface area contributed by atoms with Gasteiger partial charge in [-0.25, -0.2) is 4.98 Å². The molecule has 1 amide bonds. The summed E-state index contributed by atoms with van der Waals surface area (Å²) >= 11 is 1.71. The Balaban J connectivity index is 1.39. The molecule has 0 saturated carbocycles. The number of ether oxygens (including phenoxy) is 1. The summed E-state index contributed by atoms with van der Waals surface area (Å²) in [6.07, 6.45) is 5.44. The number of hydrogen-bond donors (Lipinski definition) is 0. The molecule has 2 saturated heterocycles. The van der Waals surface area contributed by atoms with Crippen LogP contribution in [0.2, 0.25) is 0 Å². The molecule has 5 nitrogen and oxygen atoms in total. The van der Waals surface area contributed by atoms with Crippen molar-refractivity contribution in [1.29, 1.82) is 0 Å². The summed E-state index contributed by atoms with van der Waals surface area (Å²) in [4.78, 5) is 21.7. The highest BCUT2D eigenvalue weighted by Gasteiger charge is 2.39. The van der Waals surface area contributed by atoms with Gasteiger partial charge in [0.05, 0.1) is 23.4 Å². The molecule has 24 heavy (non-hydrogen) atoms. The van der Waals surface area contributed by atoms with Gasteiger partial charge < -0.3 is 9.64 Å². The smallest absolute Gasteiger partial charge is 0.249 e. The van der Waals surface area contributed by atoms with Crippen molar-refractivity contribution in [2.75, 3.05) is 32.8 Å². The first-order chi connectivity index (χ1) is 11.7. The van der Waals surface area contributed by atoms with Crippen molar-refractivity contribution < 1.29 is 9.53 Å². The third-order valence-corrected chi connectivity index (χ3v) is 6.09. The standard InChI is InChI=1S/C18H25N3O2S/c1-13-19-16(12-24-13)10-20-6-7-23-17-11-21(9-15(17)8-20)18(22)14-4-2-3-5-14/h4,12,15,17H,2-3,5-11H2,1H3/t15-,17+/m0/s1. The summed E-state index contributed by atoms with van der Waals surface area (Å²) in [6, 6.07) is 0. The van der Waals surface area contributed by atoms with E-state index in [1.807, 2.05) is 11.8 Å². The number of nitrogens with zero attached hydrogens (tertiary/aromatic N) is 3. The molecule has 1 aliphatic carbocycles. The van der Waals surface area contributed by atoms with Crippen molar-refractivity contribution in [3.8, 4) is 0 Å². The highest BCUT2D eigenvalue weighted by Crippen LogP contribution is 2.28. The first-order valence-electron chi connectivity index (χ1n) is 8.92. The second kappa shape index (κ2) is 6.94. The maximum absolute atomic E-state index is 12.6. The number of aryl methyl sites for hydroxylation is 1. The third kappa shape index (κ3) is 3.41. The Morgan fingerprint density at radius 2 is 2.33 bits per heavy atom. The molecule has 1 aromatic heterocycles. The van der Waals surface area contributed by atoms with E-state index in [0.29, 0.717) is 5.92 Å². The lowest BCUT2D eigenvalue weighted by Crippen LogP contribution is -2.34. The van der Waals surface area contributed by atoms with E-state index in [-0.39, 0.29) is 12.0 Å². The fourth-order valence-corrected chi connectivity index (χ4v) is 4.65. The van der Waals surface area contributed by atoms with Crippen LogP contribution in [-0.2, 0) is 16.1 Å². The summed E-state index contributed by atoms with van der Waals surface area (Å²) < 4.78 is 6.07. The molecule has 3 aliphatic rings. The second-order valence-electron chi connectivity index (χ2n) is 7.09. The highest BCUT2D eigenvalue weighted by atomic mass is 32.1. The zero-order valence-corrected chi connectivity index (χ0v) is 15.1. The van der Waals surface area contributed by atoms with Crippen molar-refractivity contribution >= 4 is 17.2 Å². The fourth-order valence-electron chi connectivity index (χ4n) is 4.05. The Morgan fingerprint density at radius 3 is 3.08 bits per heavy atom. The summed E-state index contributed by atoms with van der Waals surface area (Å²) in [5, 5.41) is 3.27. The molecule has 0 unspecified atom stereocenters. The average Bonchev–Trinajstić information content (AvgIpc) is 3.28. The van der Waals surface area contributed by atoms with Gasteiger partial charge in [0.15, 0.2) is 0 Å². The number of fused-ring (bicyclic) bond motifs is 1. The minimum atomic E-state index is 0.193. The quantitative estimate of drug-likeness (QED) is 0.841. The maximum Gasteiger partial charge on any atom is 0.249 e.